The zero-order valence-corrected chi connectivity index (χ0v) is 9.47. The monoisotopic (exact) mass is 201 g/mol. The van der Waals surface area contributed by atoms with Crippen molar-refractivity contribution in [2.24, 2.45) is 11.7 Å². The highest BCUT2D eigenvalue weighted by Crippen LogP contribution is 1.98. The Balaban J connectivity index is 3.68. The van der Waals surface area contributed by atoms with E-state index in [2.05, 4.69) is 17.6 Å². The molecule has 0 aliphatic rings. The van der Waals surface area contributed by atoms with Gasteiger partial charge in [0.1, 0.15) is 0 Å². The maximum Gasteiger partial charge on any atom is 0.315 e. The molecule has 0 saturated heterocycles. The van der Waals surface area contributed by atoms with Crippen LogP contribution in [0.2, 0.25) is 0 Å². The lowest BCUT2D eigenvalue weighted by atomic mass is 10.1. The standard InChI is InChI=1S/C10H23N3O/c1-4-5-6-12-10(14)13-9(7-11)8(2)3/h8-9H,4-7,11H2,1-3H3,(H2,12,13,14). The number of unbranched alkanes of at least 4 members (excludes halogenated alkanes) is 1. The lowest BCUT2D eigenvalue weighted by Gasteiger charge is -2.20. The third-order valence-corrected chi connectivity index (χ3v) is 2.19. The van der Waals surface area contributed by atoms with Crippen LogP contribution < -0.4 is 16.4 Å². The number of carbonyl (C=O) groups excluding carboxylic acids is 1. The summed E-state index contributed by atoms with van der Waals surface area (Å²) in [7, 11) is 0. The Labute approximate surface area is 86.6 Å². The van der Waals surface area contributed by atoms with Crippen molar-refractivity contribution in [3.05, 3.63) is 0 Å². The van der Waals surface area contributed by atoms with E-state index >= 15 is 0 Å². The Morgan fingerprint density at radius 1 is 1.43 bits per heavy atom. The normalized spacial score (nSPS) is 12.6. The first kappa shape index (κ1) is 13.2. The van der Waals surface area contributed by atoms with Gasteiger partial charge in [0.25, 0.3) is 0 Å². The Morgan fingerprint density at radius 2 is 2.07 bits per heavy atom. The third-order valence-electron chi connectivity index (χ3n) is 2.19. The van der Waals surface area contributed by atoms with E-state index in [1.807, 2.05) is 13.8 Å². The third kappa shape index (κ3) is 5.80. The van der Waals surface area contributed by atoms with Gasteiger partial charge in [0.15, 0.2) is 0 Å². The van der Waals surface area contributed by atoms with E-state index in [-0.39, 0.29) is 12.1 Å². The zero-order valence-electron chi connectivity index (χ0n) is 9.47. The molecule has 0 bridgehead atoms. The van der Waals surface area contributed by atoms with E-state index in [1.165, 1.54) is 0 Å². The average Bonchev–Trinajstić information content (AvgIpc) is 2.14. The molecule has 0 aromatic heterocycles. The molecule has 4 N–H and O–H groups in total. The van der Waals surface area contributed by atoms with Gasteiger partial charge in [0, 0.05) is 19.1 Å². The maximum absolute atomic E-state index is 11.3. The van der Waals surface area contributed by atoms with Gasteiger partial charge in [-0.05, 0) is 12.3 Å². The molecule has 84 valence electrons. The molecule has 1 unspecified atom stereocenters. The number of urea groups is 1. The fraction of sp³-hybridized carbons (Fsp3) is 0.900. The second-order valence-electron chi connectivity index (χ2n) is 3.84. The number of carbonyl (C=O) groups is 1. The van der Waals surface area contributed by atoms with Crippen LogP contribution in [0.15, 0.2) is 0 Å². The molecule has 0 spiro atoms. The summed E-state index contributed by atoms with van der Waals surface area (Å²) in [6.45, 7) is 7.40. The molecule has 2 amide bonds. The minimum Gasteiger partial charge on any atom is -0.338 e. The molecule has 0 heterocycles. The van der Waals surface area contributed by atoms with E-state index in [0.29, 0.717) is 12.5 Å². The van der Waals surface area contributed by atoms with Crippen LogP contribution in [0.3, 0.4) is 0 Å². The van der Waals surface area contributed by atoms with Crippen LogP contribution >= 0.6 is 0 Å². The number of hydrogen-bond donors (Lipinski definition) is 3. The predicted molar refractivity (Wildman–Crippen MR) is 59.1 cm³/mol. The largest absolute Gasteiger partial charge is 0.338 e. The van der Waals surface area contributed by atoms with E-state index < -0.39 is 0 Å². The molecule has 0 aromatic rings. The summed E-state index contributed by atoms with van der Waals surface area (Å²) in [6, 6.07) is -0.0424. The van der Waals surface area contributed by atoms with Crippen molar-refractivity contribution in [3.63, 3.8) is 0 Å². The second-order valence-corrected chi connectivity index (χ2v) is 3.84. The van der Waals surface area contributed by atoms with Crippen LogP contribution in [0.4, 0.5) is 4.79 Å². The SMILES string of the molecule is CCCCNC(=O)NC(CN)C(C)C. The highest BCUT2D eigenvalue weighted by atomic mass is 16.2. The maximum atomic E-state index is 11.3. The number of nitrogens with two attached hydrogens (primary N) is 1. The molecule has 0 rings (SSSR count). The molecule has 0 aliphatic heterocycles. The Morgan fingerprint density at radius 3 is 2.50 bits per heavy atom. The van der Waals surface area contributed by atoms with Crippen LogP contribution in [0.1, 0.15) is 33.6 Å². The van der Waals surface area contributed by atoms with Crippen LogP contribution in [-0.2, 0) is 0 Å². The summed E-state index contributed by atoms with van der Waals surface area (Å²) >= 11 is 0. The van der Waals surface area contributed by atoms with E-state index in [1.54, 1.807) is 0 Å². The van der Waals surface area contributed by atoms with E-state index in [4.69, 9.17) is 5.73 Å². The first-order valence-electron chi connectivity index (χ1n) is 5.36. The van der Waals surface area contributed by atoms with Gasteiger partial charge in [0.05, 0.1) is 0 Å². The molecule has 0 radical (unpaired) electrons. The van der Waals surface area contributed by atoms with Crippen LogP contribution in [-0.4, -0.2) is 25.2 Å². The highest BCUT2D eigenvalue weighted by Gasteiger charge is 2.13. The average molecular weight is 201 g/mol. The number of amides is 2. The van der Waals surface area contributed by atoms with Crippen LogP contribution in [0.25, 0.3) is 0 Å². The number of nitrogens with one attached hydrogen (secondary N) is 2. The lowest BCUT2D eigenvalue weighted by Crippen LogP contribution is -2.48. The van der Waals surface area contributed by atoms with Crippen molar-refractivity contribution < 1.29 is 4.79 Å². The molecule has 0 aliphatic carbocycles. The summed E-state index contributed by atoms with van der Waals surface area (Å²) in [4.78, 5) is 11.3. The Bertz CT molecular complexity index is 159. The van der Waals surface area contributed by atoms with E-state index in [9.17, 15) is 4.79 Å². The molecule has 4 heteroatoms. The molecular weight excluding hydrogens is 178 g/mol. The fourth-order valence-electron chi connectivity index (χ4n) is 1.10. The summed E-state index contributed by atoms with van der Waals surface area (Å²) in [5.74, 6) is 0.372. The van der Waals surface area contributed by atoms with Gasteiger partial charge >= 0.3 is 6.03 Å². The molecule has 14 heavy (non-hydrogen) atoms. The summed E-state index contributed by atoms with van der Waals surface area (Å²) < 4.78 is 0. The smallest absolute Gasteiger partial charge is 0.315 e. The van der Waals surface area contributed by atoms with Crippen molar-refractivity contribution in [2.45, 2.75) is 39.7 Å². The fourth-order valence-corrected chi connectivity index (χ4v) is 1.10. The van der Waals surface area contributed by atoms with Gasteiger partial charge < -0.3 is 16.4 Å². The molecule has 1 atom stereocenters. The van der Waals surface area contributed by atoms with Gasteiger partial charge in [0.2, 0.25) is 0 Å². The molecule has 0 fully saturated rings. The number of rotatable bonds is 6. The quantitative estimate of drug-likeness (QED) is 0.563. The van der Waals surface area contributed by atoms with Crippen molar-refractivity contribution in [1.82, 2.24) is 10.6 Å². The van der Waals surface area contributed by atoms with Crippen molar-refractivity contribution in [2.75, 3.05) is 13.1 Å². The second kappa shape index (κ2) is 7.62. The minimum absolute atomic E-state index is 0.0663. The Hall–Kier alpha value is -0.770. The minimum atomic E-state index is -0.109. The van der Waals surface area contributed by atoms with Gasteiger partial charge in [-0.15, -0.1) is 0 Å². The van der Waals surface area contributed by atoms with Crippen LogP contribution in [0, 0.1) is 5.92 Å². The molecule has 4 nitrogen and oxygen atoms in total. The van der Waals surface area contributed by atoms with Crippen molar-refractivity contribution >= 4 is 6.03 Å². The van der Waals surface area contributed by atoms with Crippen molar-refractivity contribution in [3.8, 4) is 0 Å². The first-order chi connectivity index (χ1) is 6.61. The van der Waals surface area contributed by atoms with E-state index in [0.717, 1.165) is 19.4 Å². The lowest BCUT2D eigenvalue weighted by molar-refractivity contribution is 0.233. The predicted octanol–water partition coefficient (Wildman–Crippen LogP) is 1.07. The van der Waals surface area contributed by atoms with Crippen LogP contribution in [0.5, 0.6) is 0 Å². The molecular formula is C10H23N3O. The zero-order chi connectivity index (χ0) is 11.0. The summed E-state index contributed by atoms with van der Waals surface area (Å²) in [6.07, 6.45) is 2.10. The topological polar surface area (TPSA) is 67.2 Å². The van der Waals surface area contributed by atoms with Gasteiger partial charge in [-0.1, -0.05) is 27.2 Å². The Kier molecular flexibility index (Phi) is 7.20. The van der Waals surface area contributed by atoms with Gasteiger partial charge in [-0.25, -0.2) is 4.79 Å². The number of hydrogen-bond acceptors (Lipinski definition) is 2. The summed E-state index contributed by atoms with van der Waals surface area (Å²) in [5, 5.41) is 5.65. The van der Waals surface area contributed by atoms with Crippen molar-refractivity contribution in [1.29, 1.82) is 0 Å². The van der Waals surface area contributed by atoms with Gasteiger partial charge in [-0.3, -0.25) is 0 Å². The van der Waals surface area contributed by atoms with Gasteiger partial charge in [-0.2, -0.15) is 0 Å². The molecule has 0 aromatic carbocycles. The first-order valence-corrected chi connectivity index (χ1v) is 5.36. The molecule has 0 saturated carbocycles. The summed E-state index contributed by atoms with van der Waals surface area (Å²) in [5.41, 5.74) is 5.53. The highest BCUT2D eigenvalue weighted by molar-refractivity contribution is 5.74.